The standard InChI is InChI=1S/C12H15NO3S2/c1-8(9(2)16-18(3,14)15)12-13-10-6-4-5-7-11(10)17-12/h4-9H,1-3H3. The summed E-state index contributed by atoms with van der Waals surface area (Å²) in [5.74, 6) is -0.0582. The zero-order chi connectivity index (χ0) is 13.3. The van der Waals surface area contributed by atoms with Gasteiger partial charge in [0, 0.05) is 5.92 Å². The molecular formula is C12H15NO3S2. The van der Waals surface area contributed by atoms with Gasteiger partial charge in [-0.1, -0.05) is 19.1 Å². The minimum atomic E-state index is -3.43. The molecule has 0 radical (unpaired) electrons. The lowest BCUT2D eigenvalue weighted by atomic mass is 10.1. The number of benzene rings is 1. The second-order valence-corrected chi connectivity index (χ2v) is 6.98. The van der Waals surface area contributed by atoms with Gasteiger partial charge in [-0.05, 0) is 19.1 Å². The summed E-state index contributed by atoms with van der Waals surface area (Å²) in [6.07, 6.45) is 0.648. The van der Waals surface area contributed by atoms with Crippen molar-refractivity contribution in [3.8, 4) is 0 Å². The number of hydrogen-bond acceptors (Lipinski definition) is 5. The first-order valence-corrected chi connectivity index (χ1v) is 8.24. The van der Waals surface area contributed by atoms with Crippen molar-refractivity contribution in [3.63, 3.8) is 0 Å². The smallest absolute Gasteiger partial charge is 0.264 e. The van der Waals surface area contributed by atoms with Crippen LogP contribution >= 0.6 is 11.3 Å². The Bertz CT molecular complexity index is 615. The van der Waals surface area contributed by atoms with Crippen LogP contribution < -0.4 is 0 Å². The summed E-state index contributed by atoms with van der Waals surface area (Å²) in [6, 6.07) is 7.85. The normalized spacial score (nSPS) is 15.7. The van der Waals surface area contributed by atoms with Gasteiger partial charge in [0.05, 0.1) is 27.6 Å². The molecule has 2 rings (SSSR count). The van der Waals surface area contributed by atoms with Crippen LogP contribution in [0.5, 0.6) is 0 Å². The van der Waals surface area contributed by atoms with Crippen LogP contribution in [0.15, 0.2) is 24.3 Å². The van der Waals surface area contributed by atoms with Gasteiger partial charge in [0.1, 0.15) is 0 Å². The molecule has 2 aromatic rings. The summed E-state index contributed by atoms with van der Waals surface area (Å²) in [4.78, 5) is 4.51. The van der Waals surface area contributed by atoms with E-state index in [2.05, 4.69) is 4.98 Å². The van der Waals surface area contributed by atoms with Gasteiger partial charge in [0.25, 0.3) is 10.1 Å². The van der Waals surface area contributed by atoms with Crippen molar-refractivity contribution in [2.45, 2.75) is 25.9 Å². The second kappa shape index (κ2) is 4.95. The van der Waals surface area contributed by atoms with Crippen LogP contribution in [0.3, 0.4) is 0 Å². The fourth-order valence-electron chi connectivity index (χ4n) is 1.64. The molecular weight excluding hydrogens is 270 g/mol. The fourth-order valence-corrected chi connectivity index (χ4v) is 3.47. The van der Waals surface area contributed by atoms with Crippen molar-refractivity contribution >= 4 is 31.7 Å². The SMILES string of the molecule is CC(OS(C)(=O)=O)C(C)c1nc2ccccc2s1. The lowest BCUT2D eigenvalue weighted by Gasteiger charge is -2.16. The van der Waals surface area contributed by atoms with Gasteiger partial charge < -0.3 is 0 Å². The molecule has 0 aliphatic rings. The Morgan fingerprint density at radius 1 is 1.28 bits per heavy atom. The van der Waals surface area contributed by atoms with Gasteiger partial charge in [-0.25, -0.2) is 4.98 Å². The van der Waals surface area contributed by atoms with E-state index in [1.54, 1.807) is 18.3 Å². The van der Waals surface area contributed by atoms with Crippen LogP contribution in [-0.4, -0.2) is 25.8 Å². The van der Waals surface area contributed by atoms with E-state index in [9.17, 15) is 8.42 Å². The number of rotatable bonds is 4. The van der Waals surface area contributed by atoms with Crippen molar-refractivity contribution in [3.05, 3.63) is 29.3 Å². The largest absolute Gasteiger partial charge is 0.267 e. The molecule has 0 amide bonds. The molecule has 0 bridgehead atoms. The highest BCUT2D eigenvalue weighted by Gasteiger charge is 2.22. The third kappa shape index (κ3) is 3.07. The average Bonchev–Trinajstić information content (AvgIpc) is 2.68. The van der Waals surface area contributed by atoms with Gasteiger partial charge in [-0.3, -0.25) is 4.18 Å². The topological polar surface area (TPSA) is 56.3 Å². The Labute approximate surface area is 111 Å². The number of para-hydroxylation sites is 1. The number of fused-ring (bicyclic) bond motifs is 1. The molecule has 0 saturated heterocycles. The van der Waals surface area contributed by atoms with E-state index in [4.69, 9.17) is 4.18 Å². The molecule has 98 valence electrons. The monoisotopic (exact) mass is 285 g/mol. The van der Waals surface area contributed by atoms with Gasteiger partial charge >= 0.3 is 0 Å². The molecule has 0 fully saturated rings. The summed E-state index contributed by atoms with van der Waals surface area (Å²) in [5, 5.41) is 0.896. The first kappa shape index (κ1) is 13.5. The summed E-state index contributed by atoms with van der Waals surface area (Å²) in [5.41, 5.74) is 0.941. The van der Waals surface area contributed by atoms with Crippen molar-refractivity contribution in [1.29, 1.82) is 0 Å². The summed E-state index contributed by atoms with van der Waals surface area (Å²) < 4.78 is 28.3. The van der Waals surface area contributed by atoms with Crippen molar-refractivity contribution in [2.75, 3.05) is 6.26 Å². The van der Waals surface area contributed by atoms with E-state index in [1.807, 2.05) is 31.2 Å². The third-order valence-corrected chi connectivity index (χ3v) is 4.62. The Morgan fingerprint density at radius 3 is 2.56 bits per heavy atom. The van der Waals surface area contributed by atoms with E-state index in [0.29, 0.717) is 0 Å². The Morgan fingerprint density at radius 2 is 1.94 bits per heavy atom. The molecule has 2 unspecified atom stereocenters. The van der Waals surface area contributed by atoms with E-state index in [1.165, 1.54) is 0 Å². The van der Waals surface area contributed by atoms with Crippen LogP contribution in [0.4, 0.5) is 0 Å². The molecule has 2 atom stereocenters. The predicted molar refractivity (Wildman–Crippen MR) is 73.4 cm³/mol. The molecule has 0 N–H and O–H groups in total. The van der Waals surface area contributed by atoms with Crippen LogP contribution in [0.1, 0.15) is 24.8 Å². The van der Waals surface area contributed by atoms with E-state index in [0.717, 1.165) is 21.5 Å². The Hall–Kier alpha value is -0.980. The van der Waals surface area contributed by atoms with Crippen LogP contribution in [0.2, 0.25) is 0 Å². The molecule has 1 aromatic carbocycles. The number of hydrogen-bond donors (Lipinski definition) is 0. The average molecular weight is 285 g/mol. The first-order chi connectivity index (χ1) is 8.37. The molecule has 0 saturated carbocycles. The maximum Gasteiger partial charge on any atom is 0.264 e. The van der Waals surface area contributed by atoms with Crippen LogP contribution in [-0.2, 0) is 14.3 Å². The summed E-state index contributed by atoms with van der Waals surface area (Å²) in [6.45, 7) is 3.67. The lowest BCUT2D eigenvalue weighted by molar-refractivity contribution is 0.205. The molecule has 0 aliphatic carbocycles. The van der Waals surface area contributed by atoms with Crippen molar-refractivity contribution < 1.29 is 12.6 Å². The third-order valence-electron chi connectivity index (χ3n) is 2.73. The maximum absolute atomic E-state index is 11.1. The zero-order valence-corrected chi connectivity index (χ0v) is 12.1. The molecule has 1 heterocycles. The highest BCUT2D eigenvalue weighted by atomic mass is 32.2. The molecule has 4 nitrogen and oxygen atoms in total. The van der Waals surface area contributed by atoms with Crippen LogP contribution in [0, 0.1) is 0 Å². The summed E-state index contributed by atoms with van der Waals surface area (Å²) in [7, 11) is -3.43. The van der Waals surface area contributed by atoms with Gasteiger partial charge in [0.2, 0.25) is 0 Å². The second-order valence-electron chi connectivity index (χ2n) is 4.31. The Balaban J connectivity index is 2.25. The molecule has 18 heavy (non-hydrogen) atoms. The minimum Gasteiger partial charge on any atom is -0.267 e. The first-order valence-electron chi connectivity index (χ1n) is 5.60. The quantitative estimate of drug-likeness (QED) is 0.811. The van der Waals surface area contributed by atoms with Crippen LogP contribution in [0.25, 0.3) is 10.2 Å². The van der Waals surface area contributed by atoms with Gasteiger partial charge in [0.15, 0.2) is 0 Å². The highest BCUT2D eigenvalue weighted by molar-refractivity contribution is 7.86. The number of nitrogens with zero attached hydrogens (tertiary/aromatic N) is 1. The molecule has 0 aliphatic heterocycles. The molecule has 0 spiro atoms. The lowest BCUT2D eigenvalue weighted by Crippen LogP contribution is -2.20. The fraction of sp³-hybridized carbons (Fsp3) is 0.417. The minimum absolute atomic E-state index is 0.0582. The van der Waals surface area contributed by atoms with Gasteiger partial charge in [-0.2, -0.15) is 8.42 Å². The highest BCUT2D eigenvalue weighted by Crippen LogP contribution is 2.30. The summed E-state index contributed by atoms with van der Waals surface area (Å²) >= 11 is 1.57. The van der Waals surface area contributed by atoms with E-state index >= 15 is 0 Å². The zero-order valence-electron chi connectivity index (χ0n) is 10.5. The van der Waals surface area contributed by atoms with Crippen molar-refractivity contribution in [1.82, 2.24) is 4.98 Å². The van der Waals surface area contributed by atoms with Gasteiger partial charge in [-0.15, -0.1) is 11.3 Å². The van der Waals surface area contributed by atoms with E-state index in [-0.39, 0.29) is 5.92 Å². The predicted octanol–water partition coefficient (Wildman–Crippen LogP) is 2.76. The van der Waals surface area contributed by atoms with E-state index < -0.39 is 16.2 Å². The molecule has 6 heteroatoms. The molecule has 1 aromatic heterocycles. The number of aromatic nitrogens is 1. The number of thiazole rings is 1. The Kier molecular flexibility index (Phi) is 3.70. The maximum atomic E-state index is 11.1. The van der Waals surface area contributed by atoms with Crippen molar-refractivity contribution in [2.24, 2.45) is 0 Å².